The fourth-order valence-corrected chi connectivity index (χ4v) is 2.62. The summed E-state index contributed by atoms with van der Waals surface area (Å²) in [4.78, 5) is 13.0. The highest BCUT2D eigenvalue weighted by atomic mass is 35.5. The monoisotopic (exact) mass is 441 g/mol. The summed E-state index contributed by atoms with van der Waals surface area (Å²) in [7, 11) is 7.95. The van der Waals surface area contributed by atoms with E-state index in [-0.39, 0.29) is 30.6 Å². The van der Waals surface area contributed by atoms with Crippen molar-refractivity contribution in [2.24, 2.45) is 0 Å². The molecule has 7 nitrogen and oxygen atoms in total. The maximum absolute atomic E-state index is 6.36. The van der Waals surface area contributed by atoms with Gasteiger partial charge in [-0.25, -0.2) is 4.57 Å². The summed E-state index contributed by atoms with van der Waals surface area (Å²) in [5.41, 5.74) is 8.18. The van der Waals surface area contributed by atoms with E-state index < -0.39 is 0 Å². The predicted molar refractivity (Wildman–Crippen MR) is 103 cm³/mol. The number of aromatic nitrogens is 4. The standard InChI is InChI=1S/C18H22ClN7.2ClH/c1-23(2)13-5-9-25(10-6-13)17-15(19)16(20)21-18(22-17)26-11-7-14(8-12-26)24(3)4;;/h5-12H,1-4H3,(H2,20,21,22);2*1H/q+2;;/p-2. The van der Waals surface area contributed by atoms with Crippen LogP contribution in [0.3, 0.4) is 0 Å². The Labute approximate surface area is 182 Å². The van der Waals surface area contributed by atoms with Gasteiger partial charge in [-0.3, -0.25) is 0 Å². The first-order valence-corrected chi connectivity index (χ1v) is 8.45. The highest BCUT2D eigenvalue weighted by Crippen LogP contribution is 2.20. The van der Waals surface area contributed by atoms with E-state index >= 15 is 0 Å². The average Bonchev–Trinajstić information content (AvgIpc) is 2.64. The molecule has 0 bridgehead atoms. The number of nitrogens with zero attached hydrogens (tertiary/aromatic N) is 6. The van der Waals surface area contributed by atoms with Crippen LogP contribution in [0, 0.1) is 0 Å². The van der Waals surface area contributed by atoms with Crippen molar-refractivity contribution < 1.29 is 33.9 Å². The molecule has 10 heteroatoms. The van der Waals surface area contributed by atoms with Crippen molar-refractivity contribution in [3.63, 3.8) is 0 Å². The summed E-state index contributed by atoms with van der Waals surface area (Å²) in [6, 6.07) is 7.92. The number of nitrogen functional groups attached to an aromatic ring is 1. The molecule has 0 aromatic carbocycles. The van der Waals surface area contributed by atoms with Gasteiger partial charge in [-0.1, -0.05) is 11.6 Å². The molecular weight excluding hydrogens is 421 g/mol. The smallest absolute Gasteiger partial charge is 0.479 e. The van der Waals surface area contributed by atoms with Gasteiger partial charge in [0, 0.05) is 56.7 Å². The van der Waals surface area contributed by atoms with E-state index in [0.717, 1.165) is 11.4 Å². The highest BCUT2D eigenvalue weighted by Gasteiger charge is 2.26. The topological polar surface area (TPSA) is 66.0 Å². The van der Waals surface area contributed by atoms with Crippen molar-refractivity contribution in [3.05, 3.63) is 54.1 Å². The first kappa shape index (κ1) is 23.7. The molecule has 3 aromatic heterocycles. The number of anilines is 3. The van der Waals surface area contributed by atoms with E-state index in [2.05, 4.69) is 9.97 Å². The van der Waals surface area contributed by atoms with Crippen LogP contribution in [0.25, 0.3) is 11.8 Å². The van der Waals surface area contributed by atoms with E-state index in [1.54, 1.807) is 4.57 Å². The Morgan fingerprint density at radius 1 is 0.786 bits per heavy atom. The van der Waals surface area contributed by atoms with Crippen molar-refractivity contribution in [1.29, 1.82) is 0 Å². The molecule has 0 aliphatic rings. The first-order valence-electron chi connectivity index (χ1n) is 8.08. The Morgan fingerprint density at radius 2 is 1.21 bits per heavy atom. The molecule has 3 aromatic rings. The third-order valence-electron chi connectivity index (χ3n) is 3.98. The second-order valence-corrected chi connectivity index (χ2v) is 6.64. The van der Waals surface area contributed by atoms with Crippen LogP contribution in [0.4, 0.5) is 17.2 Å². The summed E-state index contributed by atoms with van der Waals surface area (Å²) < 4.78 is 3.63. The van der Waals surface area contributed by atoms with Gasteiger partial charge >= 0.3 is 11.8 Å². The van der Waals surface area contributed by atoms with Crippen molar-refractivity contribution in [3.8, 4) is 11.8 Å². The van der Waals surface area contributed by atoms with Crippen LogP contribution in [0.15, 0.2) is 49.1 Å². The maximum atomic E-state index is 6.36. The molecule has 0 spiro atoms. The number of nitrogens with two attached hydrogens (primary N) is 1. The molecule has 0 amide bonds. The molecule has 150 valence electrons. The molecule has 3 rings (SSSR count). The third-order valence-corrected chi connectivity index (χ3v) is 4.34. The van der Waals surface area contributed by atoms with E-state index in [9.17, 15) is 0 Å². The van der Waals surface area contributed by atoms with Gasteiger partial charge in [-0.05, 0) is 17.1 Å². The van der Waals surface area contributed by atoms with Gasteiger partial charge < -0.3 is 40.3 Å². The van der Waals surface area contributed by atoms with Gasteiger partial charge in [-0.15, -0.1) is 0 Å². The third kappa shape index (κ3) is 4.92. The molecule has 28 heavy (non-hydrogen) atoms. The zero-order valence-electron chi connectivity index (χ0n) is 16.0. The van der Waals surface area contributed by atoms with Gasteiger partial charge in [0.1, 0.15) is 0 Å². The van der Waals surface area contributed by atoms with Gasteiger partial charge in [-0.2, -0.15) is 4.57 Å². The molecule has 0 fully saturated rings. The second kappa shape index (κ2) is 9.73. The van der Waals surface area contributed by atoms with Crippen LogP contribution >= 0.6 is 11.6 Å². The number of pyridine rings is 2. The average molecular weight is 443 g/mol. The maximum Gasteiger partial charge on any atom is 0.479 e. The van der Waals surface area contributed by atoms with Crippen LogP contribution in [-0.2, 0) is 0 Å². The Bertz CT molecular complexity index is 914. The normalized spacial score (nSPS) is 9.89. The lowest BCUT2D eigenvalue weighted by molar-refractivity contribution is -0.614. The van der Waals surface area contributed by atoms with Crippen molar-refractivity contribution in [2.75, 3.05) is 43.7 Å². The molecule has 0 unspecified atom stereocenters. The van der Waals surface area contributed by atoms with E-state index in [4.69, 9.17) is 17.3 Å². The van der Waals surface area contributed by atoms with Crippen LogP contribution < -0.4 is 49.5 Å². The lowest BCUT2D eigenvalue weighted by atomic mass is 10.3. The van der Waals surface area contributed by atoms with Crippen LogP contribution in [0.5, 0.6) is 0 Å². The number of hydrogen-bond acceptors (Lipinski definition) is 5. The Morgan fingerprint density at radius 3 is 1.64 bits per heavy atom. The predicted octanol–water partition coefficient (Wildman–Crippen LogP) is -4.59. The fourth-order valence-electron chi connectivity index (χ4n) is 2.43. The molecule has 0 aliphatic heterocycles. The largest absolute Gasteiger partial charge is 1.00 e. The zero-order chi connectivity index (χ0) is 18.8. The highest BCUT2D eigenvalue weighted by molar-refractivity contribution is 6.34. The number of hydrogen-bond donors (Lipinski definition) is 1. The SMILES string of the molecule is CN(C)c1cc[n+](-c2nc(N)c(Cl)c(-[n+]3ccc(N(C)C)cc3)n2)cc1.[Cl-].[Cl-]. The minimum atomic E-state index is 0. The molecule has 3 heterocycles. The fraction of sp³-hybridized carbons (Fsp3) is 0.222. The minimum Gasteiger partial charge on any atom is -1.00 e. The minimum absolute atomic E-state index is 0. The van der Waals surface area contributed by atoms with Gasteiger partial charge in [0.05, 0.1) is 24.8 Å². The Kier molecular flexibility index (Phi) is 8.23. The quantitative estimate of drug-likeness (QED) is 0.412. The molecule has 0 saturated carbocycles. The molecule has 0 radical (unpaired) electrons. The van der Waals surface area contributed by atoms with Crippen LogP contribution in [-0.4, -0.2) is 38.2 Å². The lowest BCUT2D eigenvalue weighted by Crippen LogP contribution is -3.00. The molecule has 2 N–H and O–H groups in total. The number of rotatable bonds is 4. The van der Waals surface area contributed by atoms with Crippen LogP contribution in [0.1, 0.15) is 0 Å². The van der Waals surface area contributed by atoms with E-state index in [1.165, 1.54) is 0 Å². The van der Waals surface area contributed by atoms with E-state index in [1.807, 2.05) is 91.6 Å². The van der Waals surface area contributed by atoms with Gasteiger partial charge in [0.2, 0.25) is 5.82 Å². The van der Waals surface area contributed by atoms with Crippen LogP contribution in [0.2, 0.25) is 5.02 Å². The number of halogens is 3. The van der Waals surface area contributed by atoms with Gasteiger partial charge in [0.15, 0.2) is 5.02 Å². The summed E-state index contributed by atoms with van der Waals surface area (Å²) in [6.45, 7) is 0. The lowest BCUT2D eigenvalue weighted by Gasteiger charge is -2.11. The Balaban J connectivity index is 0.00000196. The summed E-state index contributed by atoms with van der Waals surface area (Å²) >= 11 is 6.36. The van der Waals surface area contributed by atoms with Crippen molar-refractivity contribution in [1.82, 2.24) is 9.97 Å². The van der Waals surface area contributed by atoms with Crippen molar-refractivity contribution >= 4 is 28.8 Å². The summed E-state index contributed by atoms with van der Waals surface area (Å²) in [5.74, 6) is 1.22. The molecular formula is C18H22Cl3N7. The summed E-state index contributed by atoms with van der Waals surface area (Å²) in [6.07, 6.45) is 7.57. The summed E-state index contributed by atoms with van der Waals surface area (Å²) in [5, 5.41) is 0.321. The molecule has 0 saturated heterocycles. The van der Waals surface area contributed by atoms with Gasteiger partial charge in [0.25, 0.3) is 0 Å². The van der Waals surface area contributed by atoms with Crippen molar-refractivity contribution in [2.45, 2.75) is 0 Å². The Hall–Kier alpha value is -2.35. The second-order valence-electron chi connectivity index (χ2n) is 6.26. The molecule has 0 aliphatic carbocycles. The molecule has 0 atom stereocenters. The zero-order valence-corrected chi connectivity index (χ0v) is 18.3. The van der Waals surface area contributed by atoms with E-state index in [0.29, 0.717) is 16.8 Å². The first-order chi connectivity index (χ1) is 12.4.